The van der Waals surface area contributed by atoms with Crippen molar-refractivity contribution in [3.8, 4) is 6.07 Å². The highest BCUT2D eigenvalue weighted by atomic mass is 16.3. The molecule has 0 fully saturated rings. The largest absolute Gasteiger partial charge is 0.387 e. The van der Waals surface area contributed by atoms with Crippen LogP contribution in [0.1, 0.15) is 6.42 Å². The second-order valence-corrected chi connectivity index (χ2v) is 1.98. The van der Waals surface area contributed by atoms with Crippen LogP contribution < -0.4 is 0 Å². The van der Waals surface area contributed by atoms with Crippen molar-refractivity contribution in [2.24, 2.45) is 0 Å². The Morgan fingerprint density at radius 2 is 2.27 bits per heavy atom. The van der Waals surface area contributed by atoms with Gasteiger partial charge in [-0.2, -0.15) is 5.26 Å². The van der Waals surface area contributed by atoms with E-state index in [1.54, 1.807) is 12.2 Å². The van der Waals surface area contributed by atoms with Gasteiger partial charge in [-0.1, -0.05) is 31.4 Å². The third kappa shape index (κ3) is 3.39. The molecule has 11 heavy (non-hydrogen) atoms. The number of hydrogen-bond donors (Lipinski definition) is 1. The lowest BCUT2D eigenvalue weighted by molar-refractivity contribution is 0.220. The van der Waals surface area contributed by atoms with Gasteiger partial charge in [-0.15, -0.1) is 0 Å². The molecule has 0 aromatic carbocycles. The van der Waals surface area contributed by atoms with E-state index >= 15 is 0 Å². The van der Waals surface area contributed by atoms with Crippen LogP contribution in [-0.4, -0.2) is 11.2 Å². The molecular formula is C9H11NO. The lowest BCUT2D eigenvalue weighted by atomic mass is 10.1. The summed E-state index contributed by atoms with van der Waals surface area (Å²) < 4.78 is 0. The van der Waals surface area contributed by atoms with E-state index in [0.717, 1.165) is 0 Å². The summed E-state index contributed by atoms with van der Waals surface area (Å²) in [5.74, 6) is 0. The maximum absolute atomic E-state index is 9.23. The maximum Gasteiger partial charge on any atom is 0.0919 e. The zero-order valence-corrected chi connectivity index (χ0v) is 6.33. The van der Waals surface area contributed by atoms with E-state index in [1.165, 1.54) is 6.08 Å². The van der Waals surface area contributed by atoms with Crippen LogP contribution in [0.15, 0.2) is 37.0 Å². The molecule has 0 aromatic heterocycles. The van der Waals surface area contributed by atoms with Crippen molar-refractivity contribution < 1.29 is 5.11 Å². The number of aliphatic hydroxyl groups excluding tert-OH is 1. The molecule has 0 heterocycles. The molecule has 0 spiro atoms. The molecule has 2 nitrogen and oxygen atoms in total. The van der Waals surface area contributed by atoms with Crippen molar-refractivity contribution in [1.82, 2.24) is 0 Å². The van der Waals surface area contributed by atoms with Crippen molar-refractivity contribution in [3.05, 3.63) is 37.0 Å². The first-order valence-corrected chi connectivity index (χ1v) is 3.26. The summed E-state index contributed by atoms with van der Waals surface area (Å²) in [7, 11) is 0. The normalized spacial score (nSPS) is 13.3. The molecule has 0 aliphatic carbocycles. The van der Waals surface area contributed by atoms with Crippen molar-refractivity contribution in [1.29, 1.82) is 5.26 Å². The van der Waals surface area contributed by atoms with Crippen LogP contribution in [-0.2, 0) is 0 Å². The highest BCUT2D eigenvalue weighted by Crippen LogP contribution is 2.06. The number of nitrogens with zero attached hydrogens (tertiary/aromatic N) is 1. The van der Waals surface area contributed by atoms with E-state index in [2.05, 4.69) is 13.2 Å². The maximum atomic E-state index is 9.23. The number of nitriles is 1. The van der Waals surface area contributed by atoms with Crippen LogP contribution >= 0.6 is 0 Å². The molecule has 0 rings (SSSR count). The van der Waals surface area contributed by atoms with E-state index in [-0.39, 0.29) is 6.42 Å². The molecule has 0 aromatic rings. The van der Waals surface area contributed by atoms with E-state index in [1.807, 2.05) is 6.07 Å². The SMILES string of the molecule is C=C/C=C(\C=C)C(O)CC#N. The predicted molar refractivity (Wildman–Crippen MR) is 44.7 cm³/mol. The third-order valence-electron chi connectivity index (χ3n) is 1.22. The monoisotopic (exact) mass is 149 g/mol. The number of aliphatic hydroxyl groups is 1. The van der Waals surface area contributed by atoms with Crippen molar-refractivity contribution >= 4 is 0 Å². The van der Waals surface area contributed by atoms with Gasteiger partial charge in [0.25, 0.3) is 0 Å². The van der Waals surface area contributed by atoms with Crippen LogP contribution in [0, 0.1) is 11.3 Å². The van der Waals surface area contributed by atoms with Gasteiger partial charge in [0.2, 0.25) is 0 Å². The zero-order chi connectivity index (χ0) is 8.69. The second-order valence-electron chi connectivity index (χ2n) is 1.98. The van der Waals surface area contributed by atoms with Gasteiger partial charge in [-0.05, 0) is 5.57 Å². The molecule has 0 bridgehead atoms. The summed E-state index contributed by atoms with van der Waals surface area (Å²) >= 11 is 0. The molecule has 0 amide bonds. The first-order valence-electron chi connectivity index (χ1n) is 3.26. The van der Waals surface area contributed by atoms with Crippen molar-refractivity contribution in [2.45, 2.75) is 12.5 Å². The Kier molecular flexibility index (Phi) is 4.80. The summed E-state index contributed by atoms with van der Waals surface area (Å²) in [6, 6.07) is 1.87. The first-order chi connectivity index (χ1) is 5.26. The van der Waals surface area contributed by atoms with Gasteiger partial charge in [0.05, 0.1) is 18.6 Å². The lowest BCUT2D eigenvalue weighted by Gasteiger charge is -2.05. The fraction of sp³-hybridized carbons (Fsp3) is 0.222. The standard InChI is InChI=1S/C9H11NO/c1-3-5-8(4-2)9(11)6-7-10/h3-5,9,11H,1-2,6H2/b8-5+. The van der Waals surface area contributed by atoms with Gasteiger partial charge in [0.1, 0.15) is 0 Å². The number of hydrogen-bond acceptors (Lipinski definition) is 2. The fourth-order valence-electron chi connectivity index (χ4n) is 0.656. The molecule has 0 aliphatic rings. The van der Waals surface area contributed by atoms with E-state index in [9.17, 15) is 5.11 Å². The minimum atomic E-state index is -0.740. The average molecular weight is 149 g/mol. The predicted octanol–water partition coefficient (Wildman–Crippen LogP) is 1.56. The smallest absolute Gasteiger partial charge is 0.0919 e. The number of allylic oxidation sites excluding steroid dienone is 2. The molecule has 0 saturated carbocycles. The van der Waals surface area contributed by atoms with E-state index < -0.39 is 6.10 Å². The summed E-state index contributed by atoms with van der Waals surface area (Å²) in [4.78, 5) is 0. The van der Waals surface area contributed by atoms with E-state index in [4.69, 9.17) is 5.26 Å². The topological polar surface area (TPSA) is 44.0 Å². The van der Waals surface area contributed by atoms with E-state index in [0.29, 0.717) is 5.57 Å². The summed E-state index contributed by atoms with van der Waals surface area (Å²) in [6.07, 6.45) is 4.05. The highest BCUT2D eigenvalue weighted by molar-refractivity contribution is 5.25. The molecule has 58 valence electrons. The molecule has 0 radical (unpaired) electrons. The van der Waals surface area contributed by atoms with Crippen LogP contribution in [0.4, 0.5) is 0 Å². The second kappa shape index (κ2) is 5.45. The molecule has 1 atom stereocenters. The van der Waals surface area contributed by atoms with Gasteiger partial charge in [-0.25, -0.2) is 0 Å². The van der Waals surface area contributed by atoms with Crippen LogP contribution in [0.25, 0.3) is 0 Å². The molecule has 1 N–H and O–H groups in total. The summed E-state index contributed by atoms with van der Waals surface area (Å²) in [5, 5.41) is 17.5. The van der Waals surface area contributed by atoms with Crippen LogP contribution in [0.3, 0.4) is 0 Å². The average Bonchev–Trinajstić information content (AvgIpc) is 2.00. The van der Waals surface area contributed by atoms with Gasteiger partial charge < -0.3 is 5.11 Å². The minimum absolute atomic E-state index is 0.0890. The van der Waals surface area contributed by atoms with Crippen molar-refractivity contribution in [3.63, 3.8) is 0 Å². The fourth-order valence-corrected chi connectivity index (χ4v) is 0.656. The Balaban J connectivity index is 4.27. The molecule has 0 aliphatic heterocycles. The van der Waals surface area contributed by atoms with Gasteiger partial charge >= 0.3 is 0 Å². The quantitative estimate of drug-likeness (QED) is 0.616. The summed E-state index contributed by atoms with van der Waals surface area (Å²) in [5.41, 5.74) is 0.626. The molecule has 0 saturated heterocycles. The molecular weight excluding hydrogens is 138 g/mol. The zero-order valence-electron chi connectivity index (χ0n) is 6.33. The lowest BCUT2D eigenvalue weighted by Crippen LogP contribution is -2.06. The van der Waals surface area contributed by atoms with Crippen LogP contribution in [0.2, 0.25) is 0 Å². The summed E-state index contributed by atoms with van der Waals surface area (Å²) in [6.45, 7) is 6.97. The van der Waals surface area contributed by atoms with Gasteiger partial charge in [0, 0.05) is 0 Å². The number of rotatable bonds is 4. The Morgan fingerprint density at radius 3 is 2.64 bits per heavy atom. The molecule has 2 heteroatoms. The highest BCUT2D eigenvalue weighted by Gasteiger charge is 2.04. The Bertz CT molecular complexity index is 210. The third-order valence-corrected chi connectivity index (χ3v) is 1.22. The molecule has 1 unspecified atom stereocenters. The van der Waals surface area contributed by atoms with Gasteiger partial charge in [-0.3, -0.25) is 0 Å². The van der Waals surface area contributed by atoms with Gasteiger partial charge in [0.15, 0.2) is 0 Å². The Hall–Kier alpha value is -1.33. The van der Waals surface area contributed by atoms with Crippen molar-refractivity contribution in [2.75, 3.05) is 0 Å². The Morgan fingerprint density at radius 1 is 1.64 bits per heavy atom. The van der Waals surface area contributed by atoms with Crippen LogP contribution in [0.5, 0.6) is 0 Å². The Labute approximate surface area is 66.8 Å². The minimum Gasteiger partial charge on any atom is -0.387 e. The first kappa shape index (κ1) is 9.67.